The fraction of sp³-hybridized carbons (Fsp3) is 0.391. The van der Waals surface area contributed by atoms with Gasteiger partial charge in [-0.15, -0.1) is 11.8 Å². The van der Waals surface area contributed by atoms with Gasteiger partial charge in [-0.2, -0.15) is 0 Å². The average molecular weight is 477 g/mol. The van der Waals surface area contributed by atoms with E-state index in [-0.39, 0.29) is 17.4 Å². The van der Waals surface area contributed by atoms with Gasteiger partial charge in [0.15, 0.2) is 0 Å². The molecular weight excluding hydrogens is 448 g/mol. The van der Waals surface area contributed by atoms with Crippen molar-refractivity contribution in [3.63, 3.8) is 0 Å². The van der Waals surface area contributed by atoms with Crippen LogP contribution in [0, 0.1) is 0 Å². The van der Waals surface area contributed by atoms with Gasteiger partial charge >= 0.3 is 0 Å². The molecule has 0 aliphatic rings. The number of hydrogen-bond acceptors (Lipinski definition) is 3. The highest BCUT2D eigenvalue weighted by Gasteiger charge is 2.28. The van der Waals surface area contributed by atoms with Gasteiger partial charge in [0.2, 0.25) is 11.8 Å². The molecule has 0 saturated heterocycles. The van der Waals surface area contributed by atoms with Gasteiger partial charge in [-0.1, -0.05) is 46.3 Å². The summed E-state index contributed by atoms with van der Waals surface area (Å²) in [5.41, 5.74) is 0.637. The number of carbonyl (C=O) groups excluding carboxylic acids is 2. The first-order chi connectivity index (χ1) is 13.7. The minimum atomic E-state index is -0.553. The molecule has 2 aromatic rings. The van der Waals surface area contributed by atoms with E-state index in [2.05, 4.69) is 21.2 Å². The molecule has 0 aromatic heterocycles. The van der Waals surface area contributed by atoms with Gasteiger partial charge in [-0.05, 0) is 57.5 Å². The van der Waals surface area contributed by atoms with Crippen molar-refractivity contribution in [3.05, 3.63) is 64.6 Å². The summed E-state index contributed by atoms with van der Waals surface area (Å²) < 4.78 is 0.953. The fourth-order valence-electron chi connectivity index (χ4n) is 2.81. The van der Waals surface area contributed by atoms with Crippen LogP contribution in [-0.2, 0) is 16.1 Å². The van der Waals surface area contributed by atoms with Gasteiger partial charge in [-0.25, -0.2) is 0 Å². The van der Waals surface area contributed by atoms with Gasteiger partial charge in [0.1, 0.15) is 6.04 Å². The van der Waals surface area contributed by atoms with E-state index in [1.807, 2.05) is 75.4 Å². The molecule has 0 heterocycles. The molecule has 1 N–H and O–H groups in total. The third-order valence-corrected chi connectivity index (χ3v) is 5.74. The Labute approximate surface area is 186 Å². The minimum Gasteiger partial charge on any atom is -0.350 e. The van der Waals surface area contributed by atoms with Crippen molar-refractivity contribution in [2.75, 3.05) is 5.75 Å². The molecule has 2 rings (SSSR count). The van der Waals surface area contributed by atoms with E-state index in [4.69, 9.17) is 0 Å². The zero-order valence-corrected chi connectivity index (χ0v) is 19.8. The SMILES string of the molecule is C[C@H](C(=O)NC(C)(C)C)N(Cc1cccc(Br)c1)C(=O)CCSc1ccccc1. The Morgan fingerprint density at radius 1 is 1.10 bits per heavy atom. The van der Waals surface area contributed by atoms with E-state index in [0.717, 1.165) is 14.9 Å². The largest absolute Gasteiger partial charge is 0.350 e. The first-order valence-corrected chi connectivity index (χ1v) is 11.5. The predicted octanol–water partition coefficient (Wildman–Crippen LogP) is 5.26. The van der Waals surface area contributed by atoms with Gasteiger partial charge in [-0.3, -0.25) is 9.59 Å². The first kappa shape index (κ1) is 23.5. The van der Waals surface area contributed by atoms with Crippen LogP contribution in [0.3, 0.4) is 0 Å². The van der Waals surface area contributed by atoms with E-state index in [1.54, 1.807) is 23.6 Å². The molecule has 0 spiro atoms. The number of thioether (sulfide) groups is 1. The predicted molar refractivity (Wildman–Crippen MR) is 124 cm³/mol. The Bertz CT molecular complexity index is 821. The number of hydrogen-bond donors (Lipinski definition) is 1. The van der Waals surface area contributed by atoms with E-state index in [9.17, 15) is 9.59 Å². The molecule has 0 unspecified atom stereocenters. The van der Waals surface area contributed by atoms with Crippen LogP contribution in [0.5, 0.6) is 0 Å². The number of nitrogens with one attached hydrogen (secondary N) is 1. The van der Waals surface area contributed by atoms with Gasteiger partial charge in [0, 0.05) is 33.6 Å². The van der Waals surface area contributed by atoms with Crippen molar-refractivity contribution in [1.29, 1.82) is 0 Å². The smallest absolute Gasteiger partial charge is 0.242 e. The zero-order valence-electron chi connectivity index (χ0n) is 17.4. The maximum Gasteiger partial charge on any atom is 0.242 e. The number of carbonyl (C=O) groups is 2. The van der Waals surface area contributed by atoms with E-state index < -0.39 is 6.04 Å². The lowest BCUT2D eigenvalue weighted by Crippen LogP contribution is -2.52. The van der Waals surface area contributed by atoms with Crippen LogP contribution >= 0.6 is 27.7 Å². The maximum absolute atomic E-state index is 13.1. The molecule has 4 nitrogen and oxygen atoms in total. The topological polar surface area (TPSA) is 49.4 Å². The molecule has 0 aliphatic carbocycles. The Morgan fingerprint density at radius 2 is 1.79 bits per heavy atom. The van der Waals surface area contributed by atoms with Crippen LogP contribution in [0.25, 0.3) is 0 Å². The second-order valence-electron chi connectivity index (χ2n) is 7.98. The van der Waals surface area contributed by atoms with E-state index in [0.29, 0.717) is 18.7 Å². The number of benzene rings is 2. The number of halogens is 1. The molecule has 0 bridgehead atoms. The van der Waals surface area contributed by atoms with E-state index >= 15 is 0 Å². The summed E-state index contributed by atoms with van der Waals surface area (Å²) in [6.45, 7) is 8.01. The molecule has 6 heteroatoms. The highest BCUT2D eigenvalue weighted by molar-refractivity contribution is 9.10. The Balaban J connectivity index is 2.09. The normalized spacial score (nSPS) is 12.3. The van der Waals surface area contributed by atoms with Crippen LogP contribution in [-0.4, -0.2) is 34.0 Å². The number of amides is 2. The molecule has 1 atom stereocenters. The lowest BCUT2D eigenvalue weighted by Gasteiger charge is -2.31. The average Bonchev–Trinajstić information content (AvgIpc) is 2.65. The van der Waals surface area contributed by atoms with Crippen molar-refractivity contribution >= 4 is 39.5 Å². The summed E-state index contributed by atoms with van der Waals surface area (Å²) in [4.78, 5) is 28.6. The van der Waals surface area contributed by atoms with Crippen molar-refractivity contribution in [3.8, 4) is 0 Å². The maximum atomic E-state index is 13.1. The van der Waals surface area contributed by atoms with Crippen LogP contribution in [0.2, 0.25) is 0 Å². The van der Waals surface area contributed by atoms with Gasteiger partial charge < -0.3 is 10.2 Å². The Hall–Kier alpha value is -1.79. The molecule has 0 aliphatic heterocycles. The quantitative estimate of drug-likeness (QED) is 0.528. The summed E-state index contributed by atoms with van der Waals surface area (Å²) in [5.74, 6) is 0.507. The van der Waals surface area contributed by atoms with Crippen molar-refractivity contribution in [1.82, 2.24) is 10.2 Å². The van der Waals surface area contributed by atoms with Crippen LogP contribution in [0.1, 0.15) is 39.7 Å². The summed E-state index contributed by atoms with van der Waals surface area (Å²) >= 11 is 5.13. The highest BCUT2D eigenvalue weighted by Crippen LogP contribution is 2.20. The Morgan fingerprint density at radius 3 is 2.41 bits per heavy atom. The molecule has 156 valence electrons. The summed E-state index contributed by atoms with van der Waals surface area (Å²) in [6.07, 6.45) is 0.376. The minimum absolute atomic E-state index is 0.0232. The van der Waals surface area contributed by atoms with Crippen LogP contribution in [0.15, 0.2) is 64.0 Å². The lowest BCUT2D eigenvalue weighted by molar-refractivity contribution is -0.140. The first-order valence-electron chi connectivity index (χ1n) is 9.69. The number of nitrogens with zero attached hydrogens (tertiary/aromatic N) is 1. The fourth-order valence-corrected chi connectivity index (χ4v) is 4.11. The second-order valence-corrected chi connectivity index (χ2v) is 10.1. The summed E-state index contributed by atoms with van der Waals surface area (Å²) in [6, 6.07) is 17.3. The zero-order chi connectivity index (χ0) is 21.4. The van der Waals surface area contributed by atoms with Crippen LogP contribution in [0.4, 0.5) is 0 Å². The standard InChI is InChI=1S/C23H29BrN2O2S/c1-17(22(28)25-23(2,3)4)26(16-18-9-8-10-19(24)15-18)21(27)13-14-29-20-11-6-5-7-12-20/h5-12,15,17H,13-14,16H2,1-4H3,(H,25,28)/t17-/m1/s1. The summed E-state index contributed by atoms with van der Waals surface area (Å²) in [5, 5.41) is 2.99. The molecule has 2 aromatic carbocycles. The van der Waals surface area contributed by atoms with Crippen molar-refractivity contribution in [2.24, 2.45) is 0 Å². The van der Waals surface area contributed by atoms with Crippen LogP contribution < -0.4 is 5.32 Å². The third-order valence-electron chi connectivity index (χ3n) is 4.24. The Kier molecular flexibility index (Phi) is 8.78. The summed E-state index contributed by atoms with van der Waals surface area (Å²) in [7, 11) is 0. The van der Waals surface area contributed by atoms with Crippen molar-refractivity contribution in [2.45, 2.75) is 57.1 Å². The lowest BCUT2D eigenvalue weighted by atomic mass is 10.1. The molecule has 0 fully saturated rings. The monoisotopic (exact) mass is 476 g/mol. The molecule has 2 amide bonds. The molecular formula is C23H29BrN2O2S. The molecule has 0 saturated carbocycles. The van der Waals surface area contributed by atoms with Gasteiger partial charge in [0.05, 0.1) is 0 Å². The number of rotatable bonds is 8. The third kappa shape index (κ3) is 8.23. The van der Waals surface area contributed by atoms with Crippen molar-refractivity contribution < 1.29 is 9.59 Å². The second kappa shape index (κ2) is 10.8. The highest BCUT2D eigenvalue weighted by atomic mass is 79.9. The van der Waals surface area contributed by atoms with Gasteiger partial charge in [0.25, 0.3) is 0 Å². The van der Waals surface area contributed by atoms with E-state index in [1.165, 1.54) is 0 Å². The molecule has 0 radical (unpaired) electrons. The molecule has 29 heavy (non-hydrogen) atoms.